The van der Waals surface area contributed by atoms with Crippen molar-refractivity contribution < 1.29 is 14.3 Å². The lowest BCUT2D eigenvalue weighted by Gasteiger charge is -2.22. The van der Waals surface area contributed by atoms with Crippen LogP contribution < -0.4 is 10.1 Å². The Kier molecular flexibility index (Phi) is 5.44. The molecule has 1 heterocycles. The van der Waals surface area contributed by atoms with Crippen LogP contribution in [0.4, 0.5) is 0 Å². The molecule has 0 aromatic heterocycles. The summed E-state index contributed by atoms with van der Waals surface area (Å²) in [5.41, 5.74) is 0. The lowest BCUT2D eigenvalue weighted by Crippen LogP contribution is -2.46. The summed E-state index contributed by atoms with van der Waals surface area (Å²) in [4.78, 5) is 25.1. The van der Waals surface area contributed by atoms with E-state index in [1.54, 1.807) is 23.1 Å². The van der Waals surface area contributed by atoms with E-state index in [1.165, 1.54) is 6.92 Å². The van der Waals surface area contributed by atoms with E-state index in [1.807, 2.05) is 6.07 Å². The summed E-state index contributed by atoms with van der Waals surface area (Å²) < 4.78 is 5.49. The summed E-state index contributed by atoms with van der Waals surface area (Å²) in [6, 6.07) is 6.76. The van der Waals surface area contributed by atoms with Gasteiger partial charge in [0.05, 0.1) is 6.54 Å². The molecule has 1 aromatic carbocycles. The Labute approximate surface area is 129 Å². The minimum Gasteiger partial charge on any atom is -0.492 e. The van der Waals surface area contributed by atoms with Crippen molar-refractivity contribution >= 4 is 23.4 Å². The van der Waals surface area contributed by atoms with Crippen LogP contribution in [-0.2, 0) is 9.59 Å². The van der Waals surface area contributed by atoms with Crippen LogP contribution in [0.1, 0.15) is 19.8 Å². The van der Waals surface area contributed by atoms with Crippen LogP contribution in [0.25, 0.3) is 0 Å². The molecule has 0 saturated carbocycles. The number of nitrogens with zero attached hydrogens (tertiary/aromatic N) is 1. The van der Waals surface area contributed by atoms with Crippen molar-refractivity contribution in [1.29, 1.82) is 0 Å². The van der Waals surface area contributed by atoms with E-state index in [-0.39, 0.29) is 17.9 Å². The molecule has 114 valence electrons. The van der Waals surface area contributed by atoms with Gasteiger partial charge < -0.3 is 15.0 Å². The molecule has 0 spiro atoms. The van der Waals surface area contributed by atoms with E-state index in [9.17, 15) is 9.59 Å². The van der Waals surface area contributed by atoms with Crippen molar-refractivity contribution in [2.24, 2.45) is 0 Å². The highest BCUT2D eigenvalue weighted by Crippen LogP contribution is 2.18. The second kappa shape index (κ2) is 7.31. The SMILES string of the molecule is CC(=O)N1CCC[C@H]1C(=O)NCCOc1cccc(Cl)c1. The molecule has 0 aliphatic carbocycles. The number of carbonyl (C=O) groups excluding carboxylic acids is 2. The maximum absolute atomic E-state index is 12.0. The van der Waals surface area contributed by atoms with Gasteiger partial charge in [-0.15, -0.1) is 0 Å². The third kappa shape index (κ3) is 4.36. The third-order valence-corrected chi connectivity index (χ3v) is 3.66. The van der Waals surface area contributed by atoms with Crippen LogP contribution in [-0.4, -0.2) is 42.5 Å². The van der Waals surface area contributed by atoms with Gasteiger partial charge in [-0.05, 0) is 31.0 Å². The van der Waals surface area contributed by atoms with E-state index in [0.717, 1.165) is 12.8 Å². The second-order valence-corrected chi connectivity index (χ2v) is 5.40. The Hall–Kier alpha value is -1.75. The lowest BCUT2D eigenvalue weighted by atomic mass is 10.2. The molecule has 21 heavy (non-hydrogen) atoms. The lowest BCUT2D eigenvalue weighted by molar-refractivity contribution is -0.136. The van der Waals surface area contributed by atoms with Gasteiger partial charge in [0.15, 0.2) is 0 Å². The van der Waals surface area contributed by atoms with E-state index < -0.39 is 0 Å². The predicted octanol–water partition coefficient (Wildman–Crippen LogP) is 1.85. The first-order valence-electron chi connectivity index (χ1n) is 7.01. The molecule has 1 aliphatic rings. The van der Waals surface area contributed by atoms with Crippen molar-refractivity contribution in [1.82, 2.24) is 10.2 Å². The number of rotatable bonds is 5. The van der Waals surface area contributed by atoms with E-state index in [4.69, 9.17) is 16.3 Å². The number of benzene rings is 1. The molecule has 2 amide bonds. The van der Waals surface area contributed by atoms with Crippen molar-refractivity contribution in [3.8, 4) is 5.75 Å². The molecule has 5 nitrogen and oxygen atoms in total. The quantitative estimate of drug-likeness (QED) is 0.844. The number of hydrogen-bond acceptors (Lipinski definition) is 3. The number of amides is 2. The summed E-state index contributed by atoms with van der Waals surface area (Å²) in [6.07, 6.45) is 1.59. The van der Waals surface area contributed by atoms with Gasteiger partial charge in [-0.25, -0.2) is 0 Å². The Morgan fingerprint density at radius 2 is 2.29 bits per heavy atom. The maximum atomic E-state index is 12.0. The van der Waals surface area contributed by atoms with Gasteiger partial charge in [0, 0.05) is 18.5 Å². The highest BCUT2D eigenvalue weighted by molar-refractivity contribution is 6.30. The number of halogens is 1. The van der Waals surface area contributed by atoms with Crippen LogP contribution in [0.3, 0.4) is 0 Å². The zero-order chi connectivity index (χ0) is 15.2. The van der Waals surface area contributed by atoms with Gasteiger partial charge in [-0.3, -0.25) is 9.59 Å². The topological polar surface area (TPSA) is 58.6 Å². The maximum Gasteiger partial charge on any atom is 0.242 e. The molecule has 1 fully saturated rings. The van der Waals surface area contributed by atoms with Crippen molar-refractivity contribution in [3.05, 3.63) is 29.3 Å². The number of carbonyl (C=O) groups is 2. The molecule has 1 aromatic rings. The molecule has 0 unspecified atom stereocenters. The van der Waals surface area contributed by atoms with Crippen molar-refractivity contribution in [2.45, 2.75) is 25.8 Å². The van der Waals surface area contributed by atoms with Gasteiger partial charge in [-0.1, -0.05) is 17.7 Å². The van der Waals surface area contributed by atoms with Crippen LogP contribution in [0.5, 0.6) is 5.75 Å². The van der Waals surface area contributed by atoms with Gasteiger partial charge in [0.25, 0.3) is 0 Å². The largest absolute Gasteiger partial charge is 0.492 e. The number of likely N-dealkylation sites (tertiary alicyclic amines) is 1. The molecule has 1 aliphatic heterocycles. The second-order valence-electron chi connectivity index (χ2n) is 4.97. The predicted molar refractivity (Wildman–Crippen MR) is 80.4 cm³/mol. The smallest absolute Gasteiger partial charge is 0.242 e. The van der Waals surface area contributed by atoms with E-state index >= 15 is 0 Å². The van der Waals surface area contributed by atoms with Crippen LogP contribution in [0.2, 0.25) is 5.02 Å². The fourth-order valence-corrected chi connectivity index (χ4v) is 2.61. The average Bonchev–Trinajstić information content (AvgIpc) is 2.93. The molecule has 2 rings (SSSR count). The molecular formula is C15H19ClN2O3. The van der Waals surface area contributed by atoms with Crippen molar-refractivity contribution in [2.75, 3.05) is 19.7 Å². The van der Waals surface area contributed by atoms with Gasteiger partial charge >= 0.3 is 0 Å². The number of ether oxygens (including phenoxy) is 1. The number of nitrogens with one attached hydrogen (secondary N) is 1. The highest BCUT2D eigenvalue weighted by atomic mass is 35.5. The monoisotopic (exact) mass is 310 g/mol. The minimum absolute atomic E-state index is 0.0529. The Morgan fingerprint density at radius 3 is 3.00 bits per heavy atom. The van der Waals surface area contributed by atoms with Gasteiger partial charge in [0.2, 0.25) is 11.8 Å². The first-order chi connectivity index (χ1) is 10.1. The van der Waals surface area contributed by atoms with Crippen LogP contribution >= 0.6 is 11.6 Å². The van der Waals surface area contributed by atoms with Crippen LogP contribution in [0.15, 0.2) is 24.3 Å². The summed E-state index contributed by atoms with van der Waals surface area (Å²) in [6.45, 7) is 2.91. The molecule has 0 bridgehead atoms. The third-order valence-electron chi connectivity index (χ3n) is 3.43. The highest BCUT2D eigenvalue weighted by Gasteiger charge is 2.31. The summed E-state index contributed by atoms with van der Waals surface area (Å²) >= 11 is 5.85. The molecule has 0 radical (unpaired) electrons. The van der Waals surface area contributed by atoms with Crippen LogP contribution in [0, 0.1) is 0 Å². The summed E-state index contributed by atoms with van der Waals surface area (Å²) in [5, 5.41) is 3.41. The van der Waals surface area contributed by atoms with Gasteiger partial charge in [-0.2, -0.15) is 0 Å². The van der Waals surface area contributed by atoms with Crippen molar-refractivity contribution in [3.63, 3.8) is 0 Å². The van der Waals surface area contributed by atoms with E-state index in [0.29, 0.717) is 30.5 Å². The molecule has 1 atom stereocenters. The average molecular weight is 311 g/mol. The fourth-order valence-electron chi connectivity index (χ4n) is 2.43. The Bertz CT molecular complexity index is 521. The standard InChI is InChI=1S/C15H19ClN2O3/c1-11(19)18-8-3-6-14(18)15(20)17-7-9-21-13-5-2-4-12(16)10-13/h2,4-5,10,14H,3,6-9H2,1H3,(H,17,20)/t14-/m0/s1. The Balaban J connectivity index is 1.73. The Morgan fingerprint density at radius 1 is 1.48 bits per heavy atom. The summed E-state index contributed by atoms with van der Waals surface area (Å²) in [5.74, 6) is 0.503. The number of hydrogen-bond donors (Lipinski definition) is 1. The fraction of sp³-hybridized carbons (Fsp3) is 0.467. The molecule has 6 heteroatoms. The molecule has 1 saturated heterocycles. The van der Waals surface area contributed by atoms with E-state index in [2.05, 4.69) is 5.32 Å². The molecular weight excluding hydrogens is 292 g/mol. The summed E-state index contributed by atoms with van der Waals surface area (Å²) in [7, 11) is 0. The normalized spacial score (nSPS) is 17.6. The zero-order valence-electron chi connectivity index (χ0n) is 12.0. The first-order valence-corrected chi connectivity index (χ1v) is 7.39. The zero-order valence-corrected chi connectivity index (χ0v) is 12.7. The minimum atomic E-state index is -0.339. The van der Waals surface area contributed by atoms with Gasteiger partial charge in [0.1, 0.15) is 18.4 Å². The first kappa shape index (κ1) is 15.6. The molecule has 1 N–H and O–H groups in total.